The molecule has 0 saturated carbocycles. The van der Waals surface area contributed by atoms with Crippen LogP contribution in [-0.4, -0.2) is 42.1 Å². The fourth-order valence-corrected chi connectivity index (χ4v) is 4.70. The lowest BCUT2D eigenvalue weighted by molar-refractivity contribution is 0.0977. The van der Waals surface area contributed by atoms with Crippen LogP contribution in [0.5, 0.6) is 0 Å². The molecule has 0 aromatic heterocycles. The molecule has 0 atom stereocenters. The molecule has 1 fully saturated rings. The van der Waals surface area contributed by atoms with Crippen molar-refractivity contribution >= 4 is 68.8 Å². The van der Waals surface area contributed by atoms with Gasteiger partial charge in [0.2, 0.25) is 0 Å². The third kappa shape index (κ3) is 6.66. The molecule has 0 radical (unpaired) electrons. The molecule has 4 rings (SSSR count). The van der Waals surface area contributed by atoms with Gasteiger partial charge >= 0.3 is 0 Å². The Labute approximate surface area is 218 Å². The Balaban J connectivity index is 1.26. The number of piperazine rings is 1. The lowest BCUT2D eigenvalue weighted by atomic mass is 10.2. The summed E-state index contributed by atoms with van der Waals surface area (Å²) in [7, 11) is 0. The van der Waals surface area contributed by atoms with Crippen molar-refractivity contribution in [3.8, 4) is 0 Å². The molecule has 1 aliphatic rings. The van der Waals surface area contributed by atoms with E-state index in [0.717, 1.165) is 47.0 Å². The Bertz CT molecular complexity index is 1130. The van der Waals surface area contributed by atoms with E-state index in [9.17, 15) is 4.79 Å². The van der Waals surface area contributed by atoms with Gasteiger partial charge in [-0.3, -0.25) is 15.0 Å². The third-order valence-corrected chi connectivity index (χ3v) is 6.77. The van der Waals surface area contributed by atoms with Crippen molar-refractivity contribution in [3.05, 3.63) is 92.5 Å². The summed E-state index contributed by atoms with van der Waals surface area (Å²) in [4.78, 5) is 17.2. The summed E-state index contributed by atoms with van der Waals surface area (Å²) in [6.45, 7) is 4.77. The molecule has 8 heteroatoms. The zero-order valence-electron chi connectivity index (χ0n) is 17.9. The van der Waals surface area contributed by atoms with E-state index in [4.69, 9.17) is 23.8 Å². The number of thiocarbonyl (C=S) groups is 1. The van der Waals surface area contributed by atoms with E-state index in [2.05, 4.69) is 61.2 Å². The lowest BCUT2D eigenvalue weighted by Crippen LogP contribution is -2.46. The number of carbonyl (C=O) groups excluding carboxylic acids is 1. The zero-order valence-corrected chi connectivity index (χ0v) is 21.7. The van der Waals surface area contributed by atoms with Crippen LogP contribution in [0.3, 0.4) is 0 Å². The van der Waals surface area contributed by atoms with Gasteiger partial charge in [0.05, 0.1) is 0 Å². The van der Waals surface area contributed by atoms with Crippen molar-refractivity contribution in [1.29, 1.82) is 0 Å². The fourth-order valence-electron chi connectivity index (χ4n) is 3.75. The average molecular weight is 591 g/mol. The van der Waals surface area contributed by atoms with Crippen LogP contribution in [0.4, 0.5) is 11.4 Å². The summed E-state index contributed by atoms with van der Waals surface area (Å²) in [5.74, 6) is -0.225. The molecular formula is C25H24ClIN4OS. The highest BCUT2D eigenvalue weighted by molar-refractivity contribution is 14.1. The summed E-state index contributed by atoms with van der Waals surface area (Å²) in [5, 5.41) is 6.92. The van der Waals surface area contributed by atoms with Gasteiger partial charge < -0.3 is 10.2 Å². The van der Waals surface area contributed by atoms with Crippen molar-refractivity contribution in [2.45, 2.75) is 6.54 Å². The summed E-state index contributed by atoms with van der Waals surface area (Å²) in [6.07, 6.45) is 0. The maximum atomic E-state index is 12.4. The van der Waals surface area contributed by atoms with Gasteiger partial charge in [0.1, 0.15) is 0 Å². The van der Waals surface area contributed by atoms with Gasteiger partial charge in [0.25, 0.3) is 5.91 Å². The Morgan fingerprint density at radius 3 is 2.39 bits per heavy atom. The molecule has 2 N–H and O–H groups in total. The van der Waals surface area contributed by atoms with Crippen LogP contribution in [-0.2, 0) is 6.54 Å². The summed E-state index contributed by atoms with van der Waals surface area (Å²) >= 11 is 13.8. The summed E-state index contributed by atoms with van der Waals surface area (Å²) in [6, 6.07) is 23.5. The molecule has 3 aromatic carbocycles. The van der Waals surface area contributed by atoms with Crippen LogP contribution in [0.1, 0.15) is 15.9 Å². The lowest BCUT2D eigenvalue weighted by Gasteiger charge is -2.36. The second-order valence-corrected chi connectivity index (χ2v) is 9.88. The van der Waals surface area contributed by atoms with Gasteiger partial charge in [-0.1, -0.05) is 35.9 Å². The molecule has 3 aromatic rings. The van der Waals surface area contributed by atoms with Gasteiger partial charge in [-0.15, -0.1) is 0 Å². The van der Waals surface area contributed by atoms with E-state index in [1.54, 1.807) is 6.07 Å². The van der Waals surface area contributed by atoms with Gasteiger partial charge in [0, 0.05) is 58.3 Å². The molecule has 1 saturated heterocycles. The van der Waals surface area contributed by atoms with Crippen LogP contribution in [0, 0.1) is 3.57 Å². The Kier molecular flexibility index (Phi) is 8.19. The van der Waals surface area contributed by atoms with Crippen molar-refractivity contribution in [3.63, 3.8) is 0 Å². The number of carbonyl (C=O) groups is 1. The van der Waals surface area contributed by atoms with E-state index >= 15 is 0 Å². The first kappa shape index (κ1) is 23.9. The van der Waals surface area contributed by atoms with E-state index in [0.29, 0.717) is 5.56 Å². The monoisotopic (exact) mass is 590 g/mol. The van der Waals surface area contributed by atoms with Crippen molar-refractivity contribution < 1.29 is 4.79 Å². The maximum Gasteiger partial charge on any atom is 0.257 e. The maximum absolute atomic E-state index is 12.4. The van der Waals surface area contributed by atoms with Crippen LogP contribution >= 0.6 is 46.4 Å². The van der Waals surface area contributed by atoms with Crippen LogP contribution in [0.15, 0.2) is 72.8 Å². The number of anilines is 2. The minimum Gasteiger partial charge on any atom is -0.369 e. The Morgan fingerprint density at radius 1 is 0.970 bits per heavy atom. The number of halogens is 2. The molecule has 0 unspecified atom stereocenters. The SMILES string of the molecule is O=C(NC(=S)Nc1ccc(N2CCN(Cc3ccccc3Cl)CC2)cc1)c1cccc(I)c1. The zero-order chi connectivity index (χ0) is 23.2. The molecule has 1 amide bonds. The molecular weight excluding hydrogens is 567 g/mol. The van der Waals surface area contributed by atoms with Crippen LogP contribution < -0.4 is 15.5 Å². The molecule has 170 valence electrons. The quantitative estimate of drug-likeness (QED) is 0.308. The predicted octanol–water partition coefficient (Wildman–Crippen LogP) is 5.39. The number of benzene rings is 3. The number of hydrogen-bond acceptors (Lipinski definition) is 4. The second-order valence-electron chi connectivity index (χ2n) is 7.82. The number of hydrogen-bond donors (Lipinski definition) is 2. The van der Waals surface area contributed by atoms with Gasteiger partial charge in [-0.05, 0) is 88.9 Å². The largest absolute Gasteiger partial charge is 0.369 e. The second kappa shape index (κ2) is 11.3. The molecule has 1 aliphatic heterocycles. The number of rotatable bonds is 5. The normalized spacial score (nSPS) is 14.1. The first-order valence-electron chi connectivity index (χ1n) is 10.7. The third-order valence-electron chi connectivity index (χ3n) is 5.53. The molecule has 1 heterocycles. The first-order chi connectivity index (χ1) is 16.0. The van der Waals surface area contributed by atoms with E-state index in [-0.39, 0.29) is 11.0 Å². The van der Waals surface area contributed by atoms with E-state index in [1.165, 1.54) is 11.3 Å². The first-order valence-corrected chi connectivity index (χ1v) is 12.5. The van der Waals surface area contributed by atoms with Crippen LogP contribution in [0.2, 0.25) is 5.02 Å². The fraction of sp³-hybridized carbons (Fsp3) is 0.200. The highest BCUT2D eigenvalue weighted by Crippen LogP contribution is 2.22. The van der Waals surface area contributed by atoms with E-state index in [1.807, 2.05) is 48.5 Å². The number of amides is 1. The van der Waals surface area contributed by atoms with Gasteiger partial charge in [0.15, 0.2) is 5.11 Å². The standard InChI is InChI=1S/C25H24ClIN4OS/c26-23-7-2-1-4-19(23)17-30-12-14-31(15-13-30)22-10-8-21(9-11-22)28-25(33)29-24(32)18-5-3-6-20(27)16-18/h1-11,16H,12-15,17H2,(H2,28,29,32,33). The predicted molar refractivity (Wildman–Crippen MR) is 148 cm³/mol. The molecule has 33 heavy (non-hydrogen) atoms. The molecule has 5 nitrogen and oxygen atoms in total. The molecule has 0 spiro atoms. The summed E-state index contributed by atoms with van der Waals surface area (Å²) < 4.78 is 0.999. The highest BCUT2D eigenvalue weighted by Gasteiger charge is 2.18. The van der Waals surface area contributed by atoms with Crippen molar-refractivity contribution in [2.24, 2.45) is 0 Å². The van der Waals surface area contributed by atoms with Crippen molar-refractivity contribution in [1.82, 2.24) is 10.2 Å². The topological polar surface area (TPSA) is 47.6 Å². The minimum absolute atomic E-state index is 0.225. The summed E-state index contributed by atoms with van der Waals surface area (Å²) in [5.41, 5.74) is 3.76. The number of nitrogens with zero attached hydrogens (tertiary/aromatic N) is 2. The molecule has 0 aliphatic carbocycles. The Hall–Kier alpha value is -2.20. The van der Waals surface area contributed by atoms with E-state index < -0.39 is 0 Å². The van der Waals surface area contributed by atoms with Crippen molar-refractivity contribution in [2.75, 3.05) is 36.4 Å². The number of nitrogens with one attached hydrogen (secondary N) is 2. The minimum atomic E-state index is -0.225. The van der Waals surface area contributed by atoms with Gasteiger partial charge in [-0.25, -0.2) is 0 Å². The van der Waals surface area contributed by atoms with Crippen LogP contribution in [0.25, 0.3) is 0 Å². The van der Waals surface area contributed by atoms with Gasteiger partial charge in [-0.2, -0.15) is 0 Å². The average Bonchev–Trinajstić information content (AvgIpc) is 2.81. The highest BCUT2D eigenvalue weighted by atomic mass is 127. The Morgan fingerprint density at radius 2 is 1.70 bits per heavy atom. The smallest absolute Gasteiger partial charge is 0.257 e. The molecule has 0 bridgehead atoms.